The molecule has 4 heteroatoms. The zero-order valence-electron chi connectivity index (χ0n) is 12.2. The van der Waals surface area contributed by atoms with Crippen LogP contribution in [0.15, 0.2) is 48.8 Å². The van der Waals surface area contributed by atoms with E-state index in [-0.39, 0.29) is 5.91 Å². The van der Waals surface area contributed by atoms with Gasteiger partial charge in [0, 0.05) is 18.9 Å². The summed E-state index contributed by atoms with van der Waals surface area (Å²) in [4.78, 5) is 15.7. The van der Waals surface area contributed by atoms with Crippen molar-refractivity contribution in [2.45, 2.75) is 19.3 Å². The van der Waals surface area contributed by atoms with E-state index in [1.54, 1.807) is 31.6 Å². The molecule has 2 aromatic rings. The lowest BCUT2D eigenvalue weighted by Crippen LogP contribution is -2.24. The summed E-state index contributed by atoms with van der Waals surface area (Å²) in [5, 5.41) is 2.90. The Kier molecular flexibility index (Phi) is 5.76. The number of ether oxygens (including phenoxy) is 1. The van der Waals surface area contributed by atoms with Gasteiger partial charge in [-0.2, -0.15) is 0 Å². The Hall–Kier alpha value is -2.36. The summed E-state index contributed by atoms with van der Waals surface area (Å²) in [7, 11) is 1.69. The fourth-order valence-electron chi connectivity index (χ4n) is 2.15. The van der Waals surface area contributed by atoms with Crippen molar-refractivity contribution in [3.63, 3.8) is 0 Å². The first-order chi connectivity index (χ1) is 10.3. The Bertz CT molecular complexity index is 570. The number of rotatable bonds is 7. The van der Waals surface area contributed by atoms with E-state index < -0.39 is 0 Å². The molecular formula is C17H20N2O2. The molecule has 0 unspecified atom stereocenters. The molecule has 1 aromatic carbocycles. The van der Waals surface area contributed by atoms with E-state index in [4.69, 9.17) is 4.74 Å². The quantitative estimate of drug-likeness (QED) is 0.795. The van der Waals surface area contributed by atoms with E-state index in [9.17, 15) is 4.79 Å². The molecule has 0 bridgehead atoms. The molecule has 21 heavy (non-hydrogen) atoms. The van der Waals surface area contributed by atoms with Gasteiger partial charge in [-0.25, -0.2) is 0 Å². The van der Waals surface area contributed by atoms with Crippen molar-refractivity contribution in [2.24, 2.45) is 0 Å². The lowest BCUT2D eigenvalue weighted by molar-refractivity contribution is 0.0952. The standard InChI is InChI=1S/C17H20N2O2/c1-21-16-10-3-2-7-14(16)8-4-5-12-19-17(20)15-9-6-11-18-13-15/h2-3,6-7,9-11,13H,4-5,8,12H2,1H3,(H,19,20). The summed E-state index contributed by atoms with van der Waals surface area (Å²) in [5.41, 5.74) is 1.81. The van der Waals surface area contributed by atoms with Crippen LogP contribution in [0.2, 0.25) is 0 Å². The van der Waals surface area contributed by atoms with Crippen molar-refractivity contribution in [1.82, 2.24) is 10.3 Å². The summed E-state index contributed by atoms with van der Waals surface area (Å²) in [6.45, 7) is 0.670. The summed E-state index contributed by atoms with van der Waals surface area (Å²) in [5.74, 6) is 0.859. The third-order valence-corrected chi connectivity index (χ3v) is 3.27. The maximum absolute atomic E-state index is 11.8. The minimum atomic E-state index is -0.0691. The number of carbonyl (C=O) groups is 1. The molecule has 110 valence electrons. The monoisotopic (exact) mass is 284 g/mol. The van der Waals surface area contributed by atoms with Crippen molar-refractivity contribution in [3.05, 3.63) is 59.9 Å². The van der Waals surface area contributed by atoms with Gasteiger partial charge in [-0.05, 0) is 43.0 Å². The fourth-order valence-corrected chi connectivity index (χ4v) is 2.15. The van der Waals surface area contributed by atoms with Crippen LogP contribution >= 0.6 is 0 Å². The molecule has 0 saturated heterocycles. The van der Waals surface area contributed by atoms with Crippen LogP contribution in [0.25, 0.3) is 0 Å². The number of aryl methyl sites for hydroxylation is 1. The molecule has 0 aliphatic heterocycles. The molecule has 1 heterocycles. The molecule has 0 fully saturated rings. The topological polar surface area (TPSA) is 51.2 Å². The van der Waals surface area contributed by atoms with Gasteiger partial charge in [0.2, 0.25) is 0 Å². The number of pyridine rings is 1. The Morgan fingerprint density at radius 1 is 1.19 bits per heavy atom. The maximum Gasteiger partial charge on any atom is 0.252 e. The largest absolute Gasteiger partial charge is 0.496 e. The number of nitrogens with one attached hydrogen (secondary N) is 1. The Balaban J connectivity index is 1.70. The van der Waals surface area contributed by atoms with E-state index in [1.165, 1.54) is 5.56 Å². The number of benzene rings is 1. The molecule has 0 radical (unpaired) electrons. The van der Waals surface area contributed by atoms with Crippen molar-refractivity contribution in [2.75, 3.05) is 13.7 Å². The van der Waals surface area contributed by atoms with Crippen LogP contribution in [0.4, 0.5) is 0 Å². The molecule has 1 amide bonds. The molecule has 0 aliphatic rings. The first-order valence-corrected chi connectivity index (χ1v) is 7.11. The third-order valence-electron chi connectivity index (χ3n) is 3.27. The Labute approximate surface area is 125 Å². The van der Waals surface area contributed by atoms with E-state index in [1.807, 2.05) is 18.2 Å². The van der Waals surface area contributed by atoms with Crippen molar-refractivity contribution in [1.29, 1.82) is 0 Å². The molecule has 2 rings (SSSR count). The lowest BCUT2D eigenvalue weighted by Gasteiger charge is -2.08. The van der Waals surface area contributed by atoms with E-state index >= 15 is 0 Å². The summed E-state index contributed by atoms with van der Waals surface area (Å²) < 4.78 is 5.32. The smallest absolute Gasteiger partial charge is 0.252 e. The summed E-state index contributed by atoms with van der Waals surface area (Å²) in [6, 6.07) is 11.6. The second kappa shape index (κ2) is 8.04. The highest BCUT2D eigenvalue weighted by Crippen LogP contribution is 2.19. The minimum Gasteiger partial charge on any atom is -0.496 e. The normalized spacial score (nSPS) is 10.1. The number of aromatic nitrogens is 1. The summed E-state index contributed by atoms with van der Waals surface area (Å²) >= 11 is 0. The zero-order valence-corrected chi connectivity index (χ0v) is 12.2. The fraction of sp³-hybridized carbons (Fsp3) is 0.294. The molecule has 0 atom stereocenters. The van der Waals surface area contributed by atoms with Crippen LogP contribution in [-0.2, 0) is 6.42 Å². The average molecular weight is 284 g/mol. The average Bonchev–Trinajstić information content (AvgIpc) is 2.55. The predicted molar refractivity (Wildman–Crippen MR) is 82.5 cm³/mol. The molecule has 4 nitrogen and oxygen atoms in total. The molecule has 0 saturated carbocycles. The van der Waals surface area contributed by atoms with Crippen LogP contribution < -0.4 is 10.1 Å². The second-order valence-electron chi connectivity index (χ2n) is 4.77. The zero-order chi connectivity index (χ0) is 14.9. The number of hydrogen-bond acceptors (Lipinski definition) is 3. The van der Waals surface area contributed by atoms with Gasteiger partial charge in [-0.1, -0.05) is 18.2 Å². The number of carbonyl (C=O) groups excluding carboxylic acids is 1. The van der Waals surface area contributed by atoms with E-state index in [0.717, 1.165) is 25.0 Å². The van der Waals surface area contributed by atoms with Gasteiger partial charge in [0.25, 0.3) is 5.91 Å². The van der Waals surface area contributed by atoms with Gasteiger partial charge in [0.1, 0.15) is 5.75 Å². The highest BCUT2D eigenvalue weighted by atomic mass is 16.5. The van der Waals surface area contributed by atoms with Gasteiger partial charge in [-0.3, -0.25) is 9.78 Å². The lowest BCUT2D eigenvalue weighted by atomic mass is 10.1. The Morgan fingerprint density at radius 3 is 2.81 bits per heavy atom. The molecule has 0 spiro atoms. The number of amides is 1. The van der Waals surface area contributed by atoms with Gasteiger partial charge < -0.3 is 10.1 Å². The second-order valence-corrected chi connectivity index (χ2v) is 4.77. The molecular weight excluding hydrogens is 264 g/mol. The first-order valence-electron chi connectivity index (χ1n) is 7.11. The van der Waals surface area contributed by atoms with Gasteiger partial charge >= 0.3 is 0 Å². The number of methoxy groups -OCH3 is 1. The number of para-hydroxylation sites is 1. The van der Waals surface area contributed by atoms with Gasteiger partial charge in [0.05, 0.1) is 12.7 Å². The third kappa shape index (κ3) is 4.60. The predicted octanol–water partition coefficient (Wildman–Crippen LogP) is 2.84. The van der Waals surface area contributed by atoms with Crippen molar-refractivity contribution >= 4 is 5.91 Å². The maximum atomic E-state index is 11.8. The Morgan fingerprint density at radius 2 is 2.05 bits per heavy atom. The molecule has 1 N–H and O–H groups in total. The first kappa shape index (κ1) is 15.0. The van der Waals surface area contributed by atoms with Crippen LogP contribution in [0, 0.1) is 0 Å². The van der Waals surface area contributed by atoms with Crippen molar-refractivity contribution < 1.29 is 9.53 Å². The van der Waals surface area contributed by atoms with Crippen LogP contribution in [0.1, 0.15) is 28.8 Å². The molecule has 0 aliphatic carbocycles. The van der Waals surface area contributed by atoms with Gasteiger partial charge in [-0.15, -0.1) is 0 Å². The number of unbranched alkanes of at least 4 members (excludes halogenated alkanes) is 1. The van der Waals surface area contributed by atoms with Crippen molar-refractivity contribution in [3.8, 4) is 5.75 Å². The van der Waals surface area contributed by atoms with Crippen LogP contribution in [-0.4, -0.2) is 24.5 Å². The van der Waals surface area contributed by atoms with E-state index in [2.05, 4.69) is 16.4 Å². The number of nitrogens with zero attached hydrogens (tertiary/aromatic N) is 1. The van der Waals surface area contributed by atoms with E-state index in [0.29, 0.717) is 12.1 Å². The van der Waals surface area contributed by atoms with Crippen LogP contribution in [0.3, 0.4) is 0 Å². The SMILES string of the molecule is COc1ccccc1CCCCNC(=O)c1cccnc1. The van der Waals surface area contributed by atoms with Crippen LogP contribution in [0.5, 0.6) is 5.75 Å². The number of hydrogen-bond donors (Lipinski definition) is 1. The van der Waals surface area contributed by atoms with Gasteiger partial charge in [0.15, 0.2) is 0 Å². The highest BCUT2D eigenvalue weighted by molar-refractivity contribution is 5.93. The summed E-state index contributed by atoms with van der Waals surface area (Å²) in [6.07, 6.45) is 6.12. The highest BCUT2D eigenvalue weighted by Gasteiger charge is 2.04. The minimum absolute atomic E-state index is 0.0691. The molecule has 1 aromatic heterocycles.